The first-order valence-corrected chi connectivity index (χ1v) is 5.87. The van der Waals surface area contributed by atoms with E-state index in [4.69, 9.17) is 17.3 Å². The van der Waals surface area contributed by atoms with Crippen molar-refractivity contribution in [1.29, 1.82) is 0 Å². The Morgan fingerprint density at radius 3 is 2.47 bits per heavy atom. The molecule has 2 N–H and O–H groups in total. The molecule has 0 aliphatic rings. The second-order valence-electron chi connectivity index (χ2n) is 4.49. The highest BCUT2D eigenvalue weighted by molar-refractivity contribution is 6.31. The average molecular weight is 226 g/mol. The summed E-state index contributed by atoms with van der Waals surface area (Å²) in [7, 11) is 0. The van der Waals surface area contributed by atoms with Gasteiger partial charge in [-0.3, -0.25) is 0 Å². The van der Waals surface area contributed by atoms with Crippen molar-refractivity contribution in [1.82, 2.24) is 0 Å². The predicted molar refractivity (Wildman–Crippen MR) is 67.3 cm³/mol. The lowest BCUT2D eigenvalue weighted by Gasteiger charge is -2.18. The van der Waals surface area contributed by atoms with Crippen molar-refractivity contribution in [2.24, 2.45) is 17.6 Å². The minimum absolute atomic E-state index is 0.544. The number of aryl methyl sites for hydroxylation is 1. The summed E-state index contributed by atoms with van der Waals surface area (Å²) in [6, 6.07) is 6.26. The van der Waals surface area contributed by atoms with E-state index in [0.717, 1.165) is 18.0 Å². The summed E-state index contributed by atoms with van der Waals surface area (Å²) in [4.78, 5) is 0. The molecule has 15 heavy (non-hydrogen) atoms. The fourth-order valence-corrected chi connectivity index (χ4v) is 1.91. The molecule has 84 valence electrons. The van der Waals surface area contributed by atoms with E-state index in [1.54, 1.807) is 0 Å². The molecule has 0 aliphatic carbocycles. The zero-order valence-electron chi connectivity index (χ0n) is 9.76. The number of hydrogen-bond acceptors (Lipinski definition) is 1. The van der Waals surface area contributed by atoms with Crippen LogP contribution in [0.4, 0.5) is 0 Å². The molecular weight excluding hydrogens is 206 g/mol. The van der Waals surface area contributed by atoms with Gasteiger partial charge in [0, 0.05) is 5.02 Å². The van der Waals surface area contributed by atoms with Crippen LogP contribution in [-0.4, -0.2) is 6.54 Å². The Bertz CT molecular complexity index is 322. The van der Waals surface area contributed by atoms with E-state index in [0.29, 0.717) is 11.8 Å². The Morgan fingerprint density at radius 2 is 1.93 bits per heavy atom. The van der Waals surface area contributed by atoms with Gasteiger partial charge >= 0.3 is 0 Å². The lowest BCUT2D eigenvalue weighted by molar-refractivity contribution is 0.394. The largest absolute Gasteiger partial charge is 0.330 e. The van der Waals surface area contributed by atoms with Gasteiger partial charge in [0.2, 0.25) is 0 Å². The highest BCUT2D eigenvalue weighted by Gasteiger charge is 2.12. The van der Waals surface area contributed by atoms with Crippen LogP contribution in [0.15, 0.2) is 18.2 Å². The summed E-state index contributed by atoms with van der Waals surface area (Å²) in [5, 5.41) is 0.881. The van der Waals surface area contributed by atoms with Crippen LogP contribution >= 0.6 is 11.6 Å². The Balaban J connectivity index is 2.72. The van der Waals surface area contributed by atoms with Crippen molar-refractivity contribution in [3.05, 3.63) is 34.3 Å². The molecule has 0 fully saturated rings. The Hall–Kier alpha value is -0.530. The Labute approximate surface area is 97.6 Å². The highest BCUT2D eigenvalue weighted by atomic mass is 35.5. The third-order valence-corrected chi connectivity index (χ3v) is 3.45. The first-order valence-electron chi connectivity index (χ1n) is 5.49. The van der Waals surface area contributed by atoms with Crippen LogP contribution in [0.25, 0.3) is 0 Å². The van der Waals surface area contributed by atoms with Gasteiger partial charge in [0.1, 0.15) is 0 Å². The molecule has 0 amide bonds. The van der Waals surface area contributed by atoms with Crippen molar-refractivity contribution in [3.63, 3.8) is 0 Å². The second kappa shape index (κ2) is 5.53. The first-order chi connectivity index (χ1) is 7.04. The van der Waals surface area contributed by atoms with E-state index in [2.05, 4.69) is 32.9 Å². The molecule has 1 rings (SSSR count). The van der Waals surface area contributed by atoms with E-state index in [1.165, 1.54) is 11.1 Å². The van der Waals surface area contributed by atoms with Gasteiger partial charge in [0.05, 0.1) is 0 Å². The monoisotopic (exact) mass is 225 g/mol. The number of hydrogen-bond donors (Lipinski definition) is 1. The molecule has 0 saturated heterocycles. The van der Waals surface area contributed by atoms with Crippen LogP contribution in [0.1, 0.15) is 25.0 Å². The third kappa shape index (κ3) is 3.51. The summed E-state index contributed by atoms with van der Waals surface area (Å²) in [5.74, 6) is 1.12. The standard InChI is InChI=1S/C13H20ClN/c1-9-4-5-12(13(14)6-9)7-10(2)11(3)8-15/h4-6,10-11H,7-8,15H2,1-3H3. The van der Waals surface area contributed by atoms with Crippen LogP contribution in [0, 0.1) is 18.8 Å². The smallest absolute Gasteiger partial charge is 0.0440 e. The summed E-state index contributed by atoms with van der Waals surface area (Å²) in [5.41, 5.74) is 8.10. The molecule has 2 atom stereocenters. The van der Waals surface area contributed by atoms with Crippen LogP contribution in [0.3, 0.4) is 0 Å². The minimum atomic E-state index is 0.544. The van der Waals surface area contributed by atoms with Crippen LogP contribution in [0.5, 0.6) is 0 Å². The molecule has 0 aliphatic heterocycles. The third-order valence-electron chi connectivity index (χ3n) is 3.09. The van der Waals surface area contributed by atoms with E-state index < -0.39 is 0 Å². The molecule has 2 heteroatoms. The molecule has 0 aromatic heterocycles. The highest BCUT2D eigenvalue weighted by Crippen LogP contribution is 2.23. The van der Waals surface area contributed by atoms with Gasteiger partial charge < -0.3 is 5.73 Å². The Morgan fingerprint density at radius 1 is 1.27 bits per heavy atom. The second-order valence-corrected chi connectivity index (χ2v) is 4.90. The van der Waals surface area contributed by atoms with Gasteiger partial charge in [-0.25, -0.2) is 0 Å². The number of nitrogens with two attached hydrogens (primary N) is 1. The number of rotatable bonds is 4. The van der Waals surface area contributed by atoms with E-state index in [-0.39, 0.29) is 0 Å². The van der Waals surface area contributed by atoms with E-state index >= 15 is 0 Å². The molecule has 0 spiro atoms. The van der Waals surface area contributed by atoms with Crippen molar-refractivity contribution >= 4 is 11.6 Å². The molecule has 2 unspecified atom stereocenters. The summed E-state index contributed by atoms with van der Waals surface area (Å²) in [6.07, 6.45) is 1.01. The zero-order chi connectivity index (χ0) is 11.4. The molecule has 0 bridgehead atoms. The number of halogens is 1. The average Bonchev–Trinajstić information content (AvgIpc) is 2.20. The lowest BCUT2D eigenvalue weighted by Crippen LogP contribution is -2.20. The maximum absolute atomic E-state index is 6.19. The van der Waals surface area contributed by atoms with Crippen LogP contribution in [0.2, 0.25) is 5.02 Å². The van der Waals surface area contributed by atoms with E-state index in [9.17, 15) is 0 Å². The maximum atomic E-state index is 6.19. The zero-order valence-corrected chi connectivity index (χ0v) is 10.5. The fraction of sp³-hybridized carbons (Fsp3) is 0.538. The van der Waals surface area contributed by atoms with Crippen molar-refractivity contribution in [3.8, 4) is 0 Å². The lowest BCUT2D eigenvalue weighted by atomic mass is 9.89. The molecule has 1 aromatic carbocycles. The molecule has 0 heterocycles. The van der Waals surface area contributed by atoms with Gasteiger partial charge in [-0.15, -0.1) is 0 Å². The molecule has 0 saturated carbocycles. The van der Waals surface area contributed by atoms with Crippen molar-refractivity contribution in [2.45, 2.75) is 27.2 Å². The SMILES string of the molecule is Cc1ccc(CC(C)C(C)CN)c(Cl)c1. The van der Waals surface area contributed by atoms with Gasteiger partial charge in [-0.2, -0.15) is 0 Å². The summed E-state index contributed by atoms with van der Waals surface area (Å²) >= 11 is 6.19. The predicted octanol–water partition coefficient (Wildman–Crippen LogP) is 3.42. The summed E-state index contributed by atoms with van der Waals surface area (Å²) < 4.78 is 0. The van der Waals surface area contributed by atoms with Gasteiger partial charge in [0.25, 0.3) is 0 Å². The quantitative estimate of drug-likeness (QED) is 0.835. The van der Waals surface area contributed by atoms with Crippen LogP contribution < -0.4 is 5.73 Å². The molecule has 1 nitrogen and oxygen atoms in total. The minimum Gasteiger partial charge on any atom is -0.330 e. The van der Waals surface area contributed by atoms with Crippen molar-refractivity contribution < 1.29 is 0 Å². The molecular formula is C13H20ClN. The molecule has 1 aromatic rings. The van der Waals surface area contributed by atoms with Gasteiger partial charge in [-0.1, -0.05) is 37.6 Å². The maximum Gasteiger partial charge on any atom is 0.0440 e. The molecule has 0 radical (unpaired) electrons. The number of benzene rings is 1. The topological polar surface area (TPSA) is 26.0 Å². The van der Waals surface area contributed by atoms with E-state index in [1.807, 2.05) is 6.07 Å². The summed E-state index contributed by atoms with van der Waals surface area (Å²) in [6.45, 7) is 7.21. The first kappa shape index (κ1) is 12.5. The van der Waals surface area contributed by atoms with Crippen molar-refractivity contribution in [2.75, 3.05) is 6.54 Å². The van der Waals surface area contributed by atoms with Gasteiger partial charge in [0.15, 0.2) is 0 Å². The van der Waals surface area contributed by atoms with Gasteiger partial charge in [-0.05, 0) is 48.9 Å². The Kier molecular flexibility index (Phi) is 4.62. The fourth-order valence-electron chi connectivity index (χ4n) is 1.60. The van der Waals surface area contributed by atoms with Crippen LogP contribution in [-0.2, 0) is 6.42 Å². The normalized spacial score (nSPS) is 15.0.